The average Bonchev–Trinajstić information content (AvgIpc) is 3.48. The molecule has 4 heterocycles. The van der Waals surface area contributed by atoms with E-state index in [-0.39, 0.29) is 5.92 Å². The van der Waals surface area contributed by atoms with E-state index in [4.69, 9.17) is 14.5 Å². The molecule has 7 nitrogen and oxygen atoms in total. The molecule has 0 radical (unpaired) electrons. The standard InChI is InChI=1S/C32H35N3O4/c1-20-5-3-6-26(28-7-4-8-29(33-28)35-14-24-13-32(24,19-35)31(36)37)30(20)39-16-22-11-21(2)27-15-34(25-17-38-18-25)10-9-23(27)12-22/h3-8,11-12,24-25H,9-10,13-19H2,1-2H3,(H,36,37)/t24?,32-/m0/s1. The van der Waals surface area contributed by atoms with E-state index in [0.29, 0.717) is 19.2 Å². The Morgan fingerprint density at radius 2 is 2.00 bits per heavy atom. The fraction of sp³-hybridized carbons (Fsp3) is 0.438. The Kier molecular flexibility index (Phi) is 5.90. The maximum Gasteiger partial charge on any atom is 0.311 e. The van der Waals surface area contributed by atoms with Gasteiger partial charge >= 0.3 is 5.97 Å². The van der Waals surface area contributed by atoms with Gasteiger partial charge in [-0.15, -0.1) is 0 Å². The fourth-order valence-electron chi connectivity index (χ4n) is 6.74. The SMILES string of the molecule is Cc1cc(COc2c(C)cccc2-c2cccc(N3CC4C[C@]4(C(=O)O)C3)n2)cc2c1CN(C1COC1)CC2. The summed E-state index contributed by atoms with van der Waals surface area (Å²) in [5.74, 6) is 1.23. The van der Waals surface area contributed by atoms with Crippen molar-refractivity contribution < 1.29 is 19.4 Å². The van der Waals surface area contributed by atoms with Gasteiger partial charge in [-0.05, 0) is 78.6 Å². The van der Waals surface area contributed by atoms with Crippen molar-refractivity contribution >= 4 is 11.8 Å². The van der Waals surface area contributed by atoms with Gasteiger partial charge in [0.25, 0.3) is 0 Å². The first-order chi connectivity index (χ1) is 18.9. The molecule has 1 unspecified atom stereocenters. The second-order valence-corrected chi connectivity index (χ2v) is 11.8. The van der Waals surface area contributed by atoms with Gasteiger partial charge in [0.15, 0.2) is 0 Å². The fourth-order valence-corrected chi connectivity index (χ4v) is 6.74. The first-order valence-electron chi connectivity index (χ1n) is 14.0. The number of rotatable bonds is 7. The molecule has 1 saturated carbocycles. The largest absolute Gasteiger partial charge is 0.488 e. The van der Waals surface area contributed by atoms with Gasteiger partial charge < -0.3 is 19.5 Å². The Balaban J connectivity index is 1.10. The predicted octanol–water partition coefficient (Wildman–Crippen LogP) is 4.61. The van der Waals surface area contributed by atoms with Crippen molar-refractivity contribution in [3.05, 3.63) is 76.3 Å². The van der Waals surface area contributed by atoms with E-state index in [1.165, 1.54) is 22.3 Å². The van der Waals surface area contributed by atoms with Crippen molar-refractivity contribution in [2.24, 2.45) is 11.3 Å². The van der Waals surface area contributed by atoms with E-state index >= 15 is 0 Å². The van der Waals surface area contributed by atoms with Crippen LogP contribution >= 0.6 is 0 Å². The normalized spacial score (nSPS) is 24.2. The second-order valence-electron chi connectivity index (χ2n) is 11.8. The molecule has 7 rings (SSSR count). The van der Waals surface area contributed by atoms with E-state index < -0.39 is 11.4 Å². The van der Waals surface area contributed by atoms with Gasteiger partial charge in [-0.1, -0.05) is 30.3 Å². The highest BCUT2D eigenvalue weighted by Gasteiger charge is 2.65. The summed E-state index contributed by atoms with van der Waals surface area (Å²) in [6.07, 6.45) is 1.84. The van der Waals surface area contributed by atoms with Crippen molar-refractivity contribution in [2.45, 2.75) is 45.9 Å². The second kappa shape index (κ2) is 9.35. The summed E-state index contributed by atoms with van der Waals surface area (Å²) < 4.78 is 11.9. The van der Waals surface area contributed by atoms with Gasteiger partial charge in [0.1, 0.15) is 18.2 Å². The van der Waals surface area contributed by atoms with Crippen LogP contribution in [0.5, 0.6) is 5.75 Å². The van der Waals surface area contributed by atoms with Crippen LogP contribution in [0.3, 0.4) is 0 Å². The third kappa shape index (κ3) is 4.28. The summed E-state index contributed by atoms with van der Waals surface area (Å²) in [5.41, 5.74) is 7.72. The Morgan fingerprint density at radius 1 is 1.15 bits per heavy atom. The molecule has 1 aromatic heterocycles. The minimum absolute atomic E-state index is 0.230. The number of fused-ring (bicyclic) bond motifs is 2. The minimum atomic E-state index is -0.678. The highest BCUT2D eigenvalue weighted by Crippen LogP contribution is 2.58. The smallest absolute Gasteiger partial charge is 0.311 e. The molecule has 3 aliphatic heterocycles. The van der Waals surface area contributed by atoms with Gasteiger partial charge in [0.2, 0.25) is 0 Å². The van der Waals surface area contributed by atoms with Crippen LogP contribution in [0.2, 0.25) is 0 Å². The molecule has 39 heavy (non-hydrogen) atoms. The zero-order valence-corrected chi connectivity index (χ0v) is 22.7. The van der Waals surface area contributed by atoms with Crippen LogP contribution in [0, 0.1) is 25.2 Å². The lowest BCUT2D eigenvalue weighted by molar-refractivity contribution is -0.143. The number of nitrogens with zero attached hydrogens (tertiary/aromatic N) is 3. The number of hydrogen-bond acceptors (Lipinski definition) is 6. The highest BCUT2D eigenvalue weighted by molar-refractivity contribution is 5.81. The number of anilines is 1. The maximum absolute atomic E-state index is 11.8. The van der Waals surface area contributed by atoms with E-state index in [2.05, 4.69) is 47.9 Å². The number of pyridine rings is 1. The molecule has 2 saturated heterocycles. The van der Waals surface area contributed by atoms with Crippen LogP contribution in [0.1, 0.15) is 34.2 Å². The lowest BCUT2D eigenvalue weighted by Gasteiger charge is -2.40. The Morgan fingerprint density at radius 3 is 2.77 bits per heavy atom. The molecule has 202 valence electrons. The van der Waals surface area contributed by atoms with Gasteiger partial charge in [-0.25, -0.2) is 4.98 Å². The van der Waals surface area contributed by atoms with Crippen LogP contribution in [0.25, 0.3) is 11.3 Å². The van der Waals surface area contributed by atoms with Gasteiger partial charge in [-0.2, -0.15) is 0 Å². The topological polar surface area (TPSA) is 75.1 Å². The van der Waals surface area contributed by atoms with Crippen molar-refractivity contribution in [3.63, 3.8) is 0 Å². The Labute approximate surface area is 229 Å². The number of aromatic nitrogens is 1. The number of aryl methyl sites for hydroxylation is 2. The van der Waals surface area contributed by atoms with Crippen LogP contribution in [-0.2, 0) is 29.1 Å². The summed E-state index contributed by atoms with van der Waals surface area (Å²) in [4.78, 5) is 21.4. The third-order valence-corrected chi connectivity index (χ3v) is 9.29. The number of aliphatic carboxylic acids is 1. The molecule has 2 aromatic carbocycles. The van der Waals surface area contributed by atoms with Crippen LogP contribution in [-0.4, -0.2) is 59.8 Å². The summed E-state index contributed by atoms with van der Waals surface area (Å²) in [6, 6.07) is 17.3. The summed E-state index contributed by atoms with van der Waals surface area (Å²) in [5, 5.41) is 9.69. The average molecular weight is 526 g/mol. The van der Waals surface area contributed by atoms with Gasteiger partial charge in [-0.3, -0.25) is 9.69 Å². The monoisotopic (exact) mass is 525 g/mol. The van der Waals surface area contributed by atoms with E-state index in [9.17, 15) is 9.90 Å². The zero-order valence-electron chi connectivity index (χ0n) is 22.7. The van der Waals surface area contributed by atoms with E-state index in [1.807, 2.05) is 24.3 Å². The van der Waals surface area contributed by atoms with Crippen molar-refractivity contribution in [3.8, 4) is 17.0 Å². The Bertz CT molecular complexity index is 1450. The molecule has 1 aliphatic carbocycles. The number of hydrogen-bond donors (Lipinski definition) is 1. The molecule has 0 spiro atoms. The lowest BCUT2D eigenvalue weighted by Crippen LogP contribution is -2.50. The van der Waals surface area contributed by atoms with Crippen LogP contribution in [0.4, 0.5) is 5.82 Å². The number of ether oxygens (including phenoxy) is 2. The summed E-state index contributed by atoms with van der Waals surface area (Å²) >= 11 is 0. The third-order valence-electron chi connectivity index (χ3n) is 9.29. The number of carboxylic acid groups (broad SMARTS) is 1. The first kappa shape index (κ1) is 24.6. The van der Waals surface area contributed by atoms with Crippen molar-refractivity contribution in [1.82, 2.24) is 9.88 Å². The van der Waals surface area contributed by atoms with Gasteiger partial charge in [0.05, 0.1) is 30.4 Å². The summed E-state index contributed by atoms with van der Waals surface area (Å²) in [6.45, 7) is 9.89. The number of carboxylic acids is 1. The molecular weight excluding hydrogens is 490 g/mol. The van der Waals surface area contributed by atoms with E-state index in [1.54, 1.807) is 0 Å². The molecule has 7 heteroatoms. The minimum Gasteiger partial charge on any atom is -0.488 e. The number of para-hydroxylation sites is 1. The molecular formula is C32H35N3O4. The first-order valence-corrected chi connectivity index (χ1v) is 14.0. The number of piperidine rings is 1. The molecule has 3 fully saturated rings. The molecule has 3 aromatic rings. The van der Waals surface area contributed by atoms with Gasteiger partial charge in [0, 0.05) is 31.7 Å². The molecule has 4 aliphatic rings. The summed E-state index contributed by atoms with van der Waals surface area (Å²) in [7, 11) is 0. The van der Waals surface area contributed by atoms with E-state index in [0.717, 1.165) is 74.1 Å². The van der Waals surface area contributed by atoms with Crippen LogP contribution < -0.4 is 9.64 Å². The lowest BCUT2D eigenvalue weighted by atomic mass is 9.92. The Hall–Kier alpha value is -3.42. The molecule has 1 N–H and O–H groups in total. The van der Waals surface area contributed by atoms with Crippen molar-refractivity contribution in [2.75, 3.05) is 37.7 Å². The number of benzene rings is 2. The quantitative estimate of drug-likeness (QED) is 0.483. The van der Waals surface area contributed by atoms with Crippen molar-refractivity contribution in [1.29, 1.82) is 0 Å². The van der Waals surface area contributed by atoms with Crippen LogP contribution in [0.15, 0.2) is 48.5 Å². The number of carbonyl (C=O) groups is 1. The zero-order chi connectivity index (χ0) is 26.7. The molecule has 0 bridgehead atoms. The molecule has 0 amide bonds. The predicted molar refractivity (Wildman–Crippen MR) is 149 cm³/mol. The highest BCUT2D eigenvalue weighted by atomic mass is 16.5. The maximum atomic E-state index is 11.8. The molecule has 2 atom stereocenters.